The molecule has 0 amide bonds. The third-order valence-electron chi connectivity index (χ3n) is 12.6. The fourth-order valence-corrected chi connectivity index (χ4v) is 11.9. The Morgan fingerprint density at radius 3 is 1.32 bits per heavy atom. The number of hydrogen-bond donors (Lipinski definition) is 0. The van der Waals surface area contributed by atoms with Crippen molar-refractivity contribution in [2.24, 2.45) is 0 Å². The largest absolute Gasteiger partial charge is 0.310 e. The Labute approximate surface area is 366 Å². The molecular formula is C58H36N2S2. The van der Waals surface area contributed by atoms with Crippen LogP contribution in [0.3, 0.4) is 0 Å². The van der Waals surface area contributed by atoms with Gasteiger partial charge >= 0.3 is 0 Å². The lowest BCUT2D eigenvalue weighted by atomic mass is 10.0. The normalized spacial score (nSPS) is 11.9. The van der Waals surface area contributed by atoms with Crippen LogP contribution in [0.15, 0.2) is 218 Å². The fourth-order valence-electron chi connectivity index (χ4n) is 9.70. The third-order valence-corrected chi connectivity index (χ3v) is 14.9. The summed E-state index contributed by atoms with van der Waals surface area (Å²) < 4.78 is 7.80. The molecule has 2 nitrogen and oxygen atoms in total. The van der Waals surface area contributed by atoms with E-state index in [1.54, 1.807) is 0 Å². The van der Waals surface area contributed by atoms with Crippen molar-refractivity contribution < 1.29 is 0 Å². The average Bonchev–Trinajstić information content (AvgIpc) is 4.02. The molecular weight excluding hydrogens is 789 g/mol. The van der Waals surface area contributed by atoms with Gasteiger partial charge < -0.3 is 9.47 Å². The van der Waals surface area contributed by atoms with Crippen LogP contribution in [0, 0.1) is 0 Å². The van der Waals surface area contributed by atoms with Crippen LogP contribution in [-0.2, 0) is 0 Å². The zero-order chi connectivity index (χ0) is 40.7. The minimum Gasteiger partial charge on any atom is -0.310 e. The van der Waals surface area contributed by atoms with Crippen LogP contribution in [0.1, 0.15) is 0 Å². The number of benzene rings is 10. The minimum absolute atomic E-state index is 1.11. The van der Waals surface area contributed by atoms with E-state index in [2.05, 4.69) is 228 Å². The Kier molecular flexibility index (Phi) is 7.99. The first kappa shape index (κ1) is 35.3. The van der Waals surface area contributed by atoms with E-state index < -0.39 is 0 Å². The summed E-state index contributed by atoms with van der Waals surface area (Å²) in [5.41, 5.74) is 11.8. The molecule has 10 aromatic carbocycles. The van der Waals surface area contributed by atoms with Crippen LogP contribution in [0.2, 0.25) is 0 Å². The summed E-state index contributed by atoms with van der Waals surface area (Å²) in [6.07, 6.45) is 0. The van der Waals surface area contributed by atoms with Crippen molar-refractivity contribution in [1.82, 2.24) is 4.57 Å². The lowest BCUT2D eigenvalue weighted by molar-refractivity contribution is 1.18. The molecule has 62 heavy (non-hydrogen) atoms. The first-order chi connectivity index (χ1) is 30.7. The molecule has 0 aliphatic rings. The lowest BCUT2D eigenvalue weighted by Gasteiger charge is -2.26. The Morgan fingerprint density at radius 2 is 0.758 bits per heavy atom. The van der Waals surface area contributed by atoms with Gasteiger partial charge in [-0.1, -0.05) is 133 Å². The first-order valence-electron chi connectivity index (χ1n) is 21.1. The van der Waals surface area contributed by atoms with Gasteiger partial charge in [0.1, 0.15) is 0 Å². The Balaban J connectivity index is 0.919. The predicted octanol–water partition coefficient (Wildman–Crippen LogP) is 17.5. The van der Waals surface area contributed by atoms with Crippen molar-refractivity contribution in [1.29, 1.82) is 0 Å². The van der Waals surface area contributed by atoms with E-state index in [0.717, 1.165) is 22.7 Å². The van der Waals surface area contributed by atoms with E-state index in [-0.39, 0.29) is 0 Å². The van der Waals surface area contributed by atoms with E-state index in [1.165, 1.54) is 95.2 Å². The van der Waals surface area contributed by atoms with Crippen molar-refractivity contribution in [2.75, 3.05) is 4.90 Å². The predicted molar refractivity (Wildman–Crippen MR) is 270 cm³/mol. The van der Waals surface area contributed by atoms with Gasteiger partial charge in [0.05, 0.1) is 11.0 Å². The molecule has 0 unspecified atom stereocenters. The molecule has 3 aromatic heterocycles. The molecule has 0 radical (unpaired) electrons. The van der Waals surface area contributed by atoms with Gasteiger partial charge in [-0.05, 0) is 118 Å². The topological polar surface area (TPSA) is 8.17 Å². The molecule has 0 fully saturated rings. The van der Waals surface area contributed by atoms with Gasteiger partial charge in [-0.15, -0.1) is 22.7 Å². The van der Waals surface area contributed by atoms with Crippen molar-refractivity contribution in [3.8, 4) is 27.9 Å². The maximum absolute atomic E-state index is 2.49. The number of rotatable bonds is 6. The van der Waals surface area contributed by atoms with E-state index >= 15 is 0 Å². The second-order valence-corrected chi connectivity index (χ2v) is 18.2. The summed E-state index contributed by atoms with van der Waals surface area (Å²) in [7, 11) is 0. The number of hydrogen-bond acceptors (Lipinski definition) is 3. The first-order valence-corrected chi connectivity index (χ1v) is 22.7. The van der Waals surface area contributed by atoms with E-state index in [9.17, 15) is 0 Å². The highest BCUT2D eigenvalue weighted by Crippen LogP contribution is 2.48. The summed E-state index contributed by atoms with van der Waals surface area (Å²) in [6.45, 7) is 0. The van der Waals surface area contributed by atoms with Crippen LogP contribution in [-0.4, -0.2) is 4.57 Å². The average molecular weight is 825 g/mol. The zero-order valence-corrected chi connectivity index (χ0v) is 35.1. The Hall–Kier alpha value is -7.50. The highest BCUT2D eigenvalue weighted by atomic mass is 32.1. The molecule has 13 rings (SSSR count). The van der Waals surface area contributed by atoms with E-state index in [1.807, 2.05) is 22.7 Å². The minimum atomic E-state index is 1.11. The number of fused-ring (bicyclic) bond motifs is 12. The number of nitrogens with zero attached hydrogens (tertiary/aromatic N) is 2. The van der Waals surface area contributed by atoms with Crippen LogP contribution >= 0.6 is 22.7 Å². The molecule has 0 spiro atoms. The maximum atomic E-state index is 2.49. The SMILES string of the molecule is c1ccc(-c2ccc(N(c3ccc(-c4ccc(-n5c6ccc7sc8ccccc8c7c6c6c7c(ccc65)sc5ccccc57)cc4)cc3)c3ccc4ccccc4c3)cc2)cc1. The monoisotopic (exact) mass is 824 g/mol. The molecule has 0 atom stereocenters. The second kappa shape index (κ2) is 14.0. The Morgan fingerprint density at radius 1 is 0.306 bits per heavy atom. The summed E-state index contributed by atoms with van der Waals surface area (Å²) >= 11 is 3.78. The molecule has 0 aliphatic carbocycles. The molecule has 13 aromatic rings. The molecule has 0 bridgehead atoms. The summed E-state index contributed by atoms with van der Waals surface area (Å²) in [5.74, 6) is 0. The summed E-state index contributed by atoms with van der Waals surface area (Å²) in [4.78, 5) is 2.36. The number of aromatic nitrogens is 1. The summed E-state index contributed by atoms with van der Waals surface area (Å²) in [6, 6.07) is 80.1. The van der Waals surface area contributed by atoms with Gasteiger partial charge in [0, 0.05) is 73.9 Å². The number of thiophene rings is 2. The fraction of sp³-hybridized carbons (Fsp3) is 0. The molecule has 0 saturated heterocycles. The van der Waals surface area contributed by atoms with Gasteiger partial charge in [0.25, 0.3) is 0 Å². The second-order valence-electron chi connectivity index (χ2n) is 16.1. The molecule has 3 heterocycles. The highest BCUT2D eigenvalue weighted by Gasteiger charge is 2.22. The van der Waals surface area contributed by atoms with Crippen LogP contribution in [0.25, 0.3) is 101 Å². The standard InChI is InChI=1S/C58H36N2S2/c1-2-10-37(11-3-1)39-18-25-43(26-19-39)59(46-31-24-38-12-4-5-13-42(38)36-46)44-27-20-40(21-28-44)41-22-29-45(30-23-41)60-49-32-34-53-55(47-14-6-8-16-51(47)61-53)57(49)58-50(60)33-35-54-56(58)48-15-7-9-17-52(48)62-54/h1-36H. The number of anilines is 3. The van der Waals surface area contributed by atoms with Gasteiger partial charge in [-0.3, -0.25) is 0 Å². The molecule has 0 aliphatic heterocycles. The van der Waals surface area contributed by atoms with Gasteiger partial charge in [-0.25, -0.2) is 0 Å². The van der Waals surface area contributed by atoms with Crippen molar-refractivity contribution in [3.05, 3.63) is 218 Å². The van der Waals surface area contributed by atoms with Gasteiger partial charge in [-0.2, -0.15) is 0 Å². The molecule has 0 N–H and O–H groups in total. The van der Waals surface area contributed by atoms with Crippen molar-refractivity contribution in [3.63, 3.8) is 0 Å². The van der Waals surface area contributed by atoms with E-state index in [0.29, 0.717) is 0 Å². The lowest BCUT2D eigenvalue weighted by Crippen LogP contribution is -2.09. The van der Waals surface area contributed by atoms with Gasteiger partial charge in [0.2, 0.25) is 0 Å². The quantitative estimate of drug-likeness (QED) is 0.162. The Bertz CT molecular complexity index is 3710. The molecule has 4 heteroatoms. The maximum Gasteiger partial charge on any atom is 0.0548 e. The van der Waals surface area contributed by atoms with Gasteiger partial charge in [0.15, 0.2) is 0 Å². The molecule has 290 valence electrons. The highest BCUT2D eigenvalue weighted by molar-refractivity contribution is 7.26. The third kappa shape index (κ3) is 5.54. The smallest absolute Gasteiger partial charge is 0.0548 e. The van der Waals surface area contributed by atoms with Crippen molar-refractivity contribution in [2.45, 2.75) is 0 Å². The van der Waals surface area contributed by atoms with Crippen LogP contribution in [0.4, 0.5) is 17.1 Å². The van der Waals surface area contributed by atoms with E-state index in [4.69, 9.17) is 0 Å². The summed E-state index contributed by atoms with van der Waals surface area (Å²) in [5, 5.41) is 10.5. The molecule has 0 saturated carbocycles. The van der Waals surface area contributed by atoms with Crippen molar-refractivity contribution >= 4 is 113 Å². The van der Waals surface area contributed by atoms with Crippen LogP contribution in [0.5, 0.6) is 0 Å². The van der Waals surface area contributed by atoms with Crippen LogP contribution < -0.4 is 4.90 Å². The zero-order valence-electron chi connectivity index (χ0n) is 33.5.